The molecule has 10 heteroatoms. The Kier molecular flexibility index (Phi) is 6.13. The largest absolute Gasteiger partial charge is 0.318 e. The van der Waals surface area contributed by atoms with Crippen molar-refractivity contribution < 1.29 is 9.72 Å². The zero-order valence-corrected chi connectivity index (χ0v) is 20.0. The first-order chi connectivity index (χ1) is 15.2. The van der Waals surface area contributed by atoms with Gasteiger partial charge in [-0.2, -0.15) is 0 Å². The first-order valence-electron chi connectivity index (χ1n) is 9.34. The molecule has 0 N–H and O–H groups in total. The van der Waals surface area contributed by atoms with Gasteiger partial charge in [-0.25, -0.2) is 0 Å². The predicted molar refractivity (Wildman–Crippen MR) is 134 cm³/mol. The molecule has 0 radical (unpaired) electrons. The quantitative estimate of drug-likeness (QED) is 0.171. The van der Waals surface area contributed by atoms with Crippen molar-refractivity contribution in [3.8, 4) is 5.69 Å². The Balaban J connectivity index is 1.67. The van der Waals surface area contributed by atoms with Gasteiger partial charge in [0, 0.05) is 29.2 Å². The molecule has 1 aromatic heterocycles. The third-order valence-electron chi connectivity index (χ3n) is 5.03. The first kappa shape index (κ1) is 22.5. The van der Waals surface area contributed by atoms with Crippen molar-refractivity contribution in [1.82, 2.24) is 4.57 Å². The highest BCUT2D eigenvalue weighted by atomic mass is 35.5. The standard InChI is InChI=1S/C22H15Cl2N3O3S2/c1-12-9-14(13(2)25(12)17-7-8-18(23)19(24)11-17)10-20-21(28)26(22(31)32-20)15-3-5-16(6-4-15)27(29)30/h3-11H,1-2H3/b20-10+. The van der Waals surface area contributed by atoms with Gasteiger partial charge in [-0.05, 0) is 61.9 Å². The number of amides is 1. The number of aryl methyl sites for hydroxylation is 1. The van der Waals surface area contributed by atoms with Gasteiger partial charge < -0.3 is 4.57 Å². The summed E-state index contributed by atoms with van der Waals surface area (Å²) in [5, 5.41) is 11.8. The van der Waals surface area contributed by atoms with E-state index >= 15 is 0 Å². The number of hydrogen-bond acceptors (Lipinski definition) is 5. The third-order valence-corrected chi connectivity index (χ3v) is 7.07. The maximum Gasteiger partial charge on any atom is 0.270 e. The van der Waals surface area contributed by atoms with Crippen LogP contribution in [0, 0.1) is 24.0 Å². The number of halogens is 2. The minimum absolute atomic E-state index is 0.0514. The van der Waals surface area contributed by atoms with E-state index in [2.05, 4.69) is 0 Å². The molecular formula is C22H15Cl2N3O3S2. The predicted octanol–water partition coefficient (Wildman–Crippen LogP) is 6.71. The lowest BCUT2D eigenvalue weighted by Crippen LogP contribution is -2.27. The van der Waals surface area contributed by atoms with Gasteiger partial charge in [-0.3, -0.25) is 19.8 Å². The van der Waals surface area contributed by atoms with E-state index in [4.69, 9.17) is 35.4 Å². The normalized spacial score (nSPS) is 15.1. The molecule has 1 fully saturated rings. The fourth-order valence-electron chi connectivity index (χ4n) is 3.51. The molecule has 2 heterocycles. The molecule has 4 rings (SSSR count). The molecule has 0 bridgehead atoms. The Labute approximate surface area is 203 Å². The van der Waals surface area contributed by atoms with Gasteiger partial charge in [0.15, 0.2) is 4.32 Å². The number of rotatable bonds is 4. The number of aromatic nitrogens is 1. The Morgan fingerprint density at radius 1 is 1.03 bits per heavy atom. The van der Waals surface area contributed by atoms with Crippen molar-refractivity contribution in [2.75, 3.05) is 4.90 Å². The van der Waals surface area contributed by atoms with Crippen molar-refractivity contribution in [1.29, 1.82) is 0 Å². The van der Waals surface area contributed by atoms with Crippen LogP contribution >= 0.6 is 47.2 Å². The Morgan fingerprint density at radius 3 is 2.31 bits per heavy atom. The van der Waals surface area contributed by atoms with Crippen molar-refractivity contribution in [2.24, 2.45) is 0 Å². The van der Waals surface area contributed by atoms with Crippen LogP contribution in [0.1, 0.15) is 17.0 Å². The highest BCUT2D eigenvalue weighted by Crippen LogP contribution is 2.37. The molecule has 3 aromatic rings. The molecule has 2 aromatic carbocycles. The maximum atomic E-state index is 13.1. The van der Waals surface area contributed by atoms with E-state index in [1.54, 1.807) is 18.2 Å². The number of nitro benzene ring substituents is 1. The van der Waals surface area contributed by atoms with E-state index in [1.165, 1.54) is 40.9 Å². The number of anilines is 1. The van der Waals surface area contributed by atoms with E-state index in [-0.39, 0.29) is 11.6 Å². The summed E-state index contributed by atoms with van der Waals surface area (Å²) in [5.74, 6) is -0.270. The molecule has 0 unspecified atom stereocenters. The first-order valence-corrected chi connectivity index (χ1v) is 11.3. The molecule has 1 aliphatic rings. The number of nitrogens with zero attached hydrogens (tertiary/aromatic N) is 3. The summed E-state index contributed by atoms with van der Waals surface area (Å²) in [6, 6.07) is 13.1. The second-order valence-electron chi connectivity index (χ2n) is 7.05. The molecule has 6 nitrogen and oxygen atoms in total. The van der Waals surface area contributed by atoms with Gasteiger partial charge in [0.25, 0.3) is 11.6 Å². The van der Waals surface area contributed by atoms with E-state index in [0.717, 1.165) is 22.6 Å². The molecule has 1 amide bonds. The van der Waals surface area contributed by atoms with Crippen LogP contribution in [0.4, 0.5) is 11.4 Å². The van der Waals surface area contributed by atoms with Crippen LogP contribution in [0.3, 0.4) is 0 Å². The summed E-state index contributed by atoms with van der Waals surface area (Å²) >= 11 is 18.8. The second-order valence-corrected chi connectivity index (χ2v) is 9.54. The zero-order chi connectivity index (χ0) is 23.2. The molecular weight excluding hydrogens is 489 g/mol. The van der Waals surface area contributed by atoms with E-state index in [9.17, 15) is 14.9 Å². The van der Waals surface area contributed by atoms with Crippen molar-refractivity contribution >= 4 is 74.9 Å². The average molecular weight is 504 g/mol. The van der Waals surface area contributed by atoms with Crippen molar-refractivity contribution in [2.45, 2.75) is 13.8 Å². The van der Waals surface area contributed by atoms with Gasteiger partial charge >= 0.3 is 0 Å². The number of carbonyl (C=O) groups excluding carboxylic acids is 1. The second kappa shape index (κ2) is 8.71. The number of nitro groups is 1. The molecule has 0 spiro atoms. The molecule has 1 saturated heterocycles. The molecule has 0 aliphatic carbocycles. The monoisotopic (exact) mass is 503 g/mol. The van der Waals surface area contributed by atoms with Crippen LogP contribution in [-0.2, 0) is 4.79 Å². The topological polar surface area (TPSA) is 68.4 Å². The van der Waals surface area contributed by atoms with E-state index < -0.39 is 4.92 Å². The lowest BCUT2D eigenvalue weighted by Gasteiger charge is -2.14. The fourth-order valence-corrected chi connectivity index (χ4v) is 5.09. The Morgan fingerprint density at radius 2 is 1.69 bits per heavy atom. The van der Waals surface area contributed by atoms with Crippen LogP contribution in [0.2, 0.25) is 10.0 Å². The lowest BCUT2D eigenvalue weighted by molar-refractivity contribution is -0.384. The number of non-ortho nitro benzene ring substituents is 1. The number of hydrogen-bond donors (Lipinski definition) is 0. The molecule has 1 aliphatic heterocycles. The molecule has 162 valence electrons. The van der Waals surface area contributed by atoms with Gasteiger partial charge in [0.1, 0.15) is 0 Å². The molecule has 0 saturated carbocycles. The summed E-state index contributed by atoms with van der Waals surface area (Å²) < 4.78 is 2.40. The van der Waals surface area contributed by atoms with Gasteiger partial charge in [0.2, 0.25) is 0 Å². The SMILES string of the molecule is Cc1cc(/C=C2/SC(=S)N(c3ccc([N+](=O)[O-])cc3)C2=O)c(C)n1-c1ccc(Cl)c(Cl)c1. The molecule has 32 heavy (non-hydrogen) atoms. The average Bonchev–Trinajstić information content (AvgIpc) is 3.18. The van der Waals surface area contributed by atoms with Crippen LogP contribution in [0.15, 0.2) is 53.4 Å². The molecule has 0 atom stereocenters. The fraction of sp³-hybridized carbons (Fsp3) is 0.0909. The summed E-state index contributed by atoms with van der Waals surface area (Å²) in [6.45, 7) is 3.92. The maximum absolute atomic E-state index is 13.1. The Hall–Kier alpha value is -2.65. The van der Waals surface area contributed by atoms with Crippen LogP contribution in [-0.4, -0.2) is 19.7 Å². The smallest absolute Gasteiger partial charge is 0.270 e. The minimum atomic E-state index is -0.488. The van der Waals surface area contributed by atoms with Crippen molar-refractivity contribution in [3.63, 3.8) is 0 Å². The number of carbonyl (C=O) groups is 1. The summed E-state index contributed by atoms with van der Waals surface area (Å²) in [7, 11) is 0. The number of thiocarbonyl (C=S) groups is 1. The minimum Gasteiger partial charge on any atom is -0.318 e. The highest BCUT2D eigenvalue weighted by Gasteiger charge is 2.33. The van der Waals surface area contributed by atoms with Crippen molar-refractivity contribution in [3.05, 3.63) is 90.5 Å². The zero-order valence-electron chi connectivity index (χ0n) is 16.8. The summed E-state index contributed by atoms with van der Waals surface area (Å²) in [4.78, 5) is 25.3. The van der Waals surface area contributed by atoms with Crippen LogP contribution in [0.5, 0.6) is 0 Å². The lowest BCUT2D eigenvalue weighted by atomic mass is 10.2. The highest BCUT2D eigenvalue weighted by molar-refractivity contribution is 8.27. The van der Waals surface area contributed by atoms with Gasteiger partial charge in [-0.15, -0.1) is 0 Å². The van der Waals surface area contributed by atoms with Gasteiger partial charge in [-0.1, -0.05) is 47.2 Å². The van der Waals surface area contributed by atoms with E-state index in [1.807, 2.05) is 30.5 Å². The number of benzene rings is 2. The third kappa shape index (κ3) is 4.06. The van der Waals surface area contributed by atoms with Gasteiger partial charge in [0.05, 0.1) is 25.6 Å². The van der Waals surface area contributed by atoms with E-state index in [0.29, 0.717) is 25.0 Å². The summed E-state index contributed by atoms with van der Waals surface area (Å²) in [6.07, 6.45) is 1.81. The Bertz CT molecular complexity index is 1320. The van der Waals surface area contributed by atoms with Crippen LogP contribution < -0.4 is 4.90 Å². The summed E-state index contributed by atoms with van der Waals surface area (Å²) in [5.41, 5.74) is 4.08. The number of thioether (sulfide) groups is 1. The van der Waals surface area contributed by atoms with Crippen LogP contribution in [0.25, 0.3) is 11.8 Å².